The molecule has 0 saturated carbocycles. The average Bonchev–Trinajstić information content (AvgIpc) is 3.25. The number of nitrogens with zero attached hydrogens (tertiary/aromatic N) is 3. The summed E-state index contributed by atoms with van der Waals surface area (Å²) in [7, 11) is 0. The maximum absolute atomic E-state index is 12.8. The fourth-order valence-electron chi connectivity index (χ4n) is 3.28. The molecule has 0 atom stereocenters. The molecule has 4 nitrogen and oxygen atoms in total. The molecule has 5 heteroatoms. The molecule has 28 heavy (non-hydrogen) atoms. The minimum Gasteiger partial charge on any atom is -0.335 e. The van der Waals surface area contributed by atoms with Crippen LogP contribution in [-0.4, -0.2) is 53.4 Å². The fourth-order valence-corrected chi connectivity index (χ4v) is 4.08. The number of benzene rings is 2. The van der Waals surface area contributed by atoms with Crippen LogP contribution in [0.4, 0.5) is 0 Å². The molecule has 0 unspecified atom stereocenters. The molecule has 1 amide bonds. The lowest BCUT2D eigenvalue weighted by molar-refractivity contribution is 0.0645. The molecule has 0 radical (unpaired) electrons. The summed E-state index contributed by atoms with van der Waals surface area (Å²) in [4.78, 5) is 21.6. The van der Waals surface area contributed by atoms with Crippen LogP contribution in [0.2, 0.25) is 0 Å². The summed E-state index contributed by atoms with van der Waals surface area (Å²) < 4.78 is 0. The van der Waals surface area contributed by atoms with Gasteiger partial charge in [0.2, 0.25) is 0 Å². The second-order valence-corrected chi connectivity index (χ2v) is 7.67. The van der Waals surface area contributed by atoms with Crippen molar-refractivity contribution in [2.24, 2.45) is 0 Å². The largest absolute Gasteiger partial charge is 0.335 e. The van der Waals surface area contributed by atoms with Crippen molar-refractivity contribution in [1.29, 1.82) is 0 Å². The topological polar surface area (TPSA) is 36.4 Å². The summed E-state index contributed by atoms with van der Waals surface area (Å²) in [6.07, 6.45) is 4.34. The van der Waals surface area contributed by atoms with Gasteiger partial charge in [0.1, 0.15) is 10.7 Å². The molecule has 1 aromatic heterocycles. The maximum atomic E-state index is 12.8. The molecular weight excluding hydrogens is 366 g/mol. The van der Waals surface area contributed by atoms with Crippen LogP contribution < -0.4 is 0 Å². The third kappa shape index (κ3) is 4.55. The van der Waals surface area contributed by atoms with Gasteiger partial charge < -0.3 is 4.90 Å². The molecule has 3 aromatic rings. The quantitative estimate of drug-likeness (QED) is 0.653. The van der Waals surface area contributed by atoms with E-state index in [0.29, 0.717) is 5.69 Å². The number of hydrogen-bond acceptors (Lipinski definition) is 4. The first-order valence-corrected chi connectivity index (χ1v) is 10.4. The van der Waals surface area contributed by atoms with Crippen LogP contribution in [0.25, 0.3) is 16.6 Å². The number of carbonyl (C=O) groups excluding carboxylic acids is 1. The molecule has 1 aliphatic heterocycles. The van der Waals surface area contributed by atoms with Crippen molar-refractivity contribution in [3.63, 3.8) is 0 Å². The molecule has 1 aliphatic rings. The summed E-state index contributed by atoms with van der Waals surface area (Å²) in [5.41, 5.74) is 2.83. The molecule has 0 spiro atoms. The van der Waals surface area contributed by atoms with Crippen LogP contribution in [0.5, 0.6) is 0 Å². The van der Waals surface area contributed by atoms with E-state index in [0.717, 1.165) is 43.3 Å². The molecule has 4 rings (SSSR count). The molecule has 142 valence electrons. The first-order chi connectivity index (χ1) is 13.8. The van der Waals surface area contributed by atoms with Crippen LogP contribution in [0.3, 0.4) is 0 Å². The van der Waals surface area contributed by atoms with Gasteiger partial charge in [-0.3, -0.25) is 9.69 Å². The molecular formula is C23H23N3OS. The van der Waals surface area contributed by atoms with Crippen molar-refractivity contribution in [3.8, 4) is 10.6 Å². The van der Waals surface area contributed by atoms with Crippen molar-refractivity contribution in [3.05, 3.63) is 83.4 Å². The van der Waals surface area contributed by atoms with E-state index in [2.05, 4.69) is 34.2 Å². The standard InChI is InChI=1S/C23H23N3OS/c27-23(21-18-28-22(24-21)20-11-5-2-6-12-20)26-16-14-25(15-17-26)13-7-10-19-8-3-1-4-9-19/h1-12,18H,13-17H2/b10-7+. The van der Waals surface area contributed by atoms with E-state index in [1.165, 1.54) is 16.9 Å². The smallest absolute Gasteiger partial charge is 0.273 e. The highest BCUT2D eigenvalue weighted by atomic mass is 32.1. The Morgan fingerprint density at radius 2 is 1.64 bits per heavy atom. The number of amides is 1. The highest BCUT2D eigenvalue weighted by Crippen LogP contribution is 2.24. The van der Waals surface area contributed by atoms with E-state index < -0.39 is 0 Å². The number of carbonyl (C=O) groups is 1. The third-order valence-electron chi connectivity index (χ3n) is 4.88. The zero-order chi connectivity index (χ0) is 19.2. The normalized spacial score (nSPS) is 15.2. The van der Waals surface area contributed by atoms with Crippen molar-refractivity contribution in [1.82, 2.24) is 14.8 Å². The highest BCUT2D eigenvalue weighted by Gasteiger charge is 2.23. The third-order valence-corrected chi connectivity index (χ3v) is 5.77. The van der Waals surface area contributed by atoms with Gasteiger partial charge in [0, 0.05) is 43.7 Å². The predicted molar refractivity (Wildman–Crippen MR) is 115 cm³/mol. The van der Waals surface area contributed by atoms with Gasteiger partial charge in [-0.05, 0) is 5.56 Å². The molecule has 2 aromatic carbocycles. The van der Waals surface area contributed by atoms with Gasteiger partial charge >= 0.3 is 0 Å². The summed E-state index contributed by atoms with van der Waals surface area (Å²) in [5.74, 6) is 0.0397. The second kappa shape index (κ2) is 8.95. The summed E-state index contributed by atoms with van der Waals surface area (Å²) in [5, 5.41) is 2.77. The van der Waals surface area contributed by atoms with E-state index in [1.807, 2.05) is 58.8 Å². The number of piperazine rings is 1. The number of hydrogen-bond donors (Lipinski definition) is 0. The lowest BCUT2D eigenvalue weighted by Crippen LogP contribution is -2.48. The lowest BCUT2D eigenvalue weighted by Gasteiger charge is -2.33. The zero-order valence-corrected chi connectivity index (χ0v) is 16.5. The Balaban J connectivity index is 1.29. The predicted octanol–water partition coefficient (Wildman–Crippen LogP) is 4.28. The van der Waals surface area contributed by atoms with Gasteiger partial charge in [-0.1, -0.05) is 72.8 Å². The summed E-state index contributed by atoms with van der Waals surface area (Å²) >= 11 is 1.53. The Morgan fingerprint density at radius 3 is 2.36 bits per heavy atom. The summed E-state index contributed by atoms with van der Waals surface area (Å²) in [6.45, 7) is 4.18. The van der Waals surface area contributed by atoms with E-state index >= 15 is 0 Å². The Morgan fingerprint density at radius 1 is 0.964 bits per heavy atom. The minimum atomic E-state index is 0.0397. The first kappa shape index (κ1) is 18.6. The Hall–Kier alpha value is -2.76. The molecule has 1 saturated heterocycles. The molecule has 0 aliphatic carbocycles. The van der Waals surface area contributed by atoms with Gasteiger partial charge in [0.15, 0.2) is 0 Å². The van der Waals surface area contributed by atoms with E-state index in [1.54, 1.807) is 0 Å². The zero-order valence-electron chi connectivity index (χ0n) is 15.7. The highest BCUT2D eigenvalue weighted by molar-refractivity contribution is 7.13. The van der Waals surface area contributed by atoms with E-state index in [4.69, 9.17) is 0 Å². The van der Waals surface area contributed by atoms with Gasteiger partial charge in [0.05, 0.1) is 0 Å². The van der Waals surface area contributed by atoms with Gasteiger partial charge in [-0.25, -0.2) is 4.98 Å². The average molecular weight is 390 g/mol. The fraction of sp³-hybridized carbons (Fsp3) is 0.217. The molecule has 2 heterocycles. The van der Waals surface area contributed by atoms with Crippen molar-refractivity contribution >= 4 is 23.3 Å². The van der Waals surface area contributed by atoms with Crippen LogP contribution in [-0.2, 0) is 0 Å². The second-order valence-electron chi connectivity index (χ2n) is 6.81. The van der Waals surface area contributed by atoms with Crippen LogP contribution >= 0.6 is 11.3 Å². The van der Waals surface area contributed by atoms with Gasteiger partial charge in [-0.2, -0.15) is 0 Å². The number of rotatable bonds is 5. The van der Waals surface area contributed by atoms with Crippen molar-refractivity contribution < 1.29 is 4.79 Å². The van der Waals surface area contributed by atoms with Gasteiger partial charge in [0.25, 0.3) is 5.91 Å². The Kier molecular flexibility index (Phi) is 5.95. The maximum Gasteiger partial charge on any atom is 0.273 e. The molecule has 0 bridgehead atoms. The molecule has 0 N–H and O–H groups in total. The van der Waals surface area contributed by atoms with Crippen molar-refractivity contribution in [2.45, 2.75) is 0 Å². The van der Waals surface area contributed by atoms with E-state index in [9.17, 15) is 4.79 Å². The number of aromatic nitrogens is 1. The first-order valence-electron chi connectivity index (χ1n) is 9.54. The van der Waals surface area contributed by atoms with Crippen molar-refractivity contribution in [2.75, 3.05) is 32.7 Å². The lowest BCUT2D eigenvalue weighted by atomic mass is 10.2. The van der Waals surface area contributed by atoms with Crippen LogP contribution in [0, 0.1) is 0 Å². The Bertz CT molecular complexity index is 929. The van der Waals surface area contributed by atoms with Crippen LogP contribution in [0.1, 0.15) is 16.1 Å². The van der Waals surface area contributed by atoms with Gasteiger partial charge in [-0.15, -0.1) is 11.3 Å². The Labute approximate surface area is 169 Å². The monoisotopic (exact) mass is 389 g/mol. The van der Waals surface area contributed by atoms with E-state index in [-0.39, 0.29) is 5.91 Å². The molecule has 1 fully saturated rings. The van der Waals surface area contributed by atoms with Crippen LogP contribution in [0.15, 0.2) is 72.1 Å². The SMILES string of the molecule is O=C(c1csc(-c2ccccc2)n1)N1CCN(C/C=C/c2ccccc2)CC1. The summed E-state index contributed by atoms with van der Waals surface area (Å²) in [6, 6.07) is 20.3. The minimum absolute atomic E-state index is 0.0397. The number of thiazole rings is 1.